The molecule has 98 valence electrons. The maximum absolute atomic E-state index is 5.76. The monoisotopic (exact) mass is 300 g/mol. The number of aromatic nitrogens is 1. The summed E-state index contributed by atoms with van der Waals surface area (Å²) in [5, 5.41) is 5.38. The van der Waals surface area contributed by atoms with Gasteiger partial charge in [0.1, 0.15) is 0 Å². The molecule has 0 aromatic carbocycles. The van der Waals surface area contributed by atoms with Crippen LogP contribution in [0.3, 0.4) is 0 Å². The Balaban J connectivity index is 1.83. The summed E-state index contributed by atoms with van der Waals surface area (Å²) in [4.78, 5) is 8.37. The van der Waals surface area contributed by atoms with Crippen molar-refractivity contribution in [2.45, 2.75) is 25.8 Å². The van der Waals surface area contributed by atoms with E-state index in [0.29, 0.717) is 5.88 Å². The summed E-state index contributed by atoms with van der Waals surface area (Å²) in [6.45, 7) is 5.39. The highest BCUT2D eigenvalue weighted by atomic mass is 35.5. The predicted octanol–water partition coefficient (Wildman–Crippen LogP) is 4.01. The first-order valence-electron chi connectivity index (χ1n) is 6.05. The van der Waals surface area contributed by atoms with Crippen LogP contribution in [-0.2, 0) is 18.8 Å². The van der Waals surface area contributed by atoms with E-state index in [1.54, 1.807) is 11.3 Å². The van der Waals surface area contributed by atoms with Crippen LogP contribution in [0.4, 0.5) is 0 Å². The van der Waals surface area contributed by atoms with Crippen molar-refractivity contribution < 1.29 is 0 Å². The molecule has 0 radical (unpaired) electrons. The van der Waals surface area contributed by atoms with E-state index in [0.717, 1.165) is 31.7 Å². The zero-order valence-corrected chi connectivity index (χ0v) is 12.8. The van der Waals surface area contributed by atoms with Gasteiger partial charge in [-0.1, -0.05) is 13.0 Å². The summed E-state index contributed by atoms with van der Waals surface area (Å²) >= 11 is 9.30. The molecule has 5 heteroatoms. The van der Waals surface area contributed by atoms with E-state index in [9.17, 15) is 0 Å². The van der Waals surface area contributed by atoms with E-state index < -0.39 is 0 Å². The fourth-order valence-electron chi connectivity index (χ4n) is 1.75. The molecule has 2 aromatic rings. The number of thiophene rings is 1. The van der Waals surface area contributed by atoms with Crippen molar-refractivity contribution in [2.75, 3.05) is 13.1 Å². The first-order valence-corrected chi connectivity index (χ1v) is 8.35. The molecule has 0 saturated heterocycles. The third-order valence-corrected chi connectivity index (χ3v) is 4.88. The molecule has 2 aromatic heterocycles. The van der Waals surface area contributed by atoms with Gasteiger partial charge in [0.25, 0.3) is 0 Å². The Morgan fingerprint density at radius 1 is 1.39 bits per heavy atom. The van der Waals surface area contributed by atoms with Gasteiger partial charge in [0.2, 0.25) is 0 Å². The number of hydrogen-bond donors (Lipinski definition) is 0. The fraction of sp³-hybridized carbons (Fsp3) is 0.462. The van der Waals surface area contributed by atoms with E-state index in [2.05, 4.69) is 39.7 Å². The van der Waals surface area contributed by atoms with Gasteiger partial charge in [-0.15, -0.1) is 34.3 Å². The van der Waals surface area contributed by atoms with Crippen LogP contribution >= 0.6 is 34.3 Å². The molecule has 0 saturated carbocycles. The highest BCUT2D eigenvalue weighted by Crippen LogP contribution is 2.15. The number of thiazole rings is 1. The van der Waals surface area contributed by atoms with Gasteiger partial charge in [-0.3, -0.25) is 4.90 Å². The molecular weight excluding hydrogens is 284 g/mol. The largest absolute Gasteiger partial charge is 0.298 e. The third-order valence-electron chi connectivity index (χ3n) is 2.78. The minimum atomic E-state index is 0.517. The molecule has 2 rings (SSSR count). The van der Waals surface area contributed by atoms with E-state index in [4.69, 9.17) is 11.6 Å². The first-order chi connectivity index (χ1) is 8.81. The Morgan fingerprint density at radius 3 is 2.89 bits per heavy atom. The van der Waals surface area contributed by atoms with Crippen LogP contribution in [0.1, 0.15) is 22.5 Å². The van der Waals surface area contributed by atoms with Crippen molar-refractivity contribution >= 4 is 34.3 Å². The van der Waals surface area contributed by atoms with Crippen LogP contribution in [-0.4, -0.2) is 23.0 Å². The van der Waals surface area contributed by atoms with Gasteiger partial charge in [0.05, 0.1) is 16.6 Å². The second kappa shape index (κ2) is 7.24. The zero-order valence-electron chi connectivity index (χ0n) is 10.4. The summed E-state index contributed by atoms with van der Waals surface area (Å²) in [7, 11) is 0. The average molecular weight is 301 g/mol. The second-order valence-electron chi connectivity index (χ2n) is 4.06. The first kappa shape index (κ1) is 14.0. The van der Waals surface area contributed by atoms with Crippen LogP contribution in [0.25, 0.3) is 0 Å². The molecule has 18 heavy (non-hydrogen) atoms. The van der Waals surface area contributed by atoms with Gasteiger partial charge in [0.15, 0.2) is 0 Å². The molecule has 0 spiro atoms. The van der Waals surface area contributed by atoms with E-state index in [1.807, 2.05) is 11.3 Å². The summed E-state index contributed by atoms with van der Waals surface area (Å²) in [6, 6.07) is 4.31. The summed E-state index contributed by atoms with van der Waals surface area (Å²) in [5.41, 5.74) is 0.998. The van der Waals surface area contributed by atoms with Crippen LogP contribution in [0, 0.1) is 0 Å². The number of hydrogen-bond acceptors (Lipinski definition) is 4. The Labute approximate surface area is 121 Å². The molecular formula is C13H17ClN2S2. The standard InChI is InChI=1S/C13H17ClN2S2/c1-2-16(9-12-4-3-7-17-12)6-5-13-15-11(8-14)10-18-13/h3-4,7,10H,2,5-6,8-9H2,1H3. The third kappa shape index (κ3) is 4.05. The lowest BCUT2D eigenvalue weighted by molar-refractivity contribution is 0.286. The Hall–Kier alpha value is -0.420. The van der Waals surface area contributed by atoms with Gasteiger partial charge in [-0.25, -0.2) is 4.98 Å². The number of likely N-dealkylation sites (N-methyl/N-ethyl adjacent to an activating group) is 1. The van der Waals surface area contributed by atoms with Crippen molar-refractivity contribution in [2.24, 2.45) is 0 Å². The Kier molecular flexibility index (Phi) is 5.63. The quantitative estimate of drug-likeness (QED) is 0.718. The molecule has 0 amide bonds. The van der Waals surface area contributed by atoms with Gasteiger partial charge >= 0.3 is 0 Å². The number of alkyl halides is 1. The molecule has 0 fully saturated rings. The van der Waals surface area contributed by atoms with Gasteiger partial charge in [-0.2, -0.15) is 0 Å². The summed E-state index contributed by atoms with van der Waals surface area (Å²) < 4.78 is 0. The Morgan fingerprint density at radius 2 is 2.28 bits per heavy atom. The van der Waals surface area contributed by atoms with Crippen molar-refractivity contribution in [1.82, 2.24) is 9.88 Å². The highest BCUT2D eigenvalue weighted by molar-refractivity contribution is 7.10. The number of nitrogens with zero attached hydrogens (tertiary/aromatic N) is 2. The maximum atomic E-state index is 5.76. The van der Waals surface area contributed by atoms with Crippen molar-refractivity contribution in [3.8, 4) is 0 Å². The number of halogens is 1. The average Bonchev–Trinajstić information content (AvgIpc) is 3.05. The van der Waals surface area contributed by atoms with Crippen LogP contribution in [0.5, 0.6) is 0 Å². The van der Waals surface area contributed by atoms with Crippen molar-refractivity contribution in [3.05, 3.63) is 38.5 Å². The Bertz CT molecular complexity index is 453. The lowest BCUT2D eigenvalue weighted by Crippen LogP contribution is -2.24. The maximum Gasteiger partial charge on any atom is 0.0941 e. The van der Waals surface area contributed by atoms with Gasteiger partial charge in [0, 0.05) is 29.8 Å². The highest BCUT2D eigenvalue weighted by Gasteiger charge is 2.07. The molecule has 0 atom stereocenters. The number of rotatable bonds is 7. The molecule has 2 heterocycles. The molecule has 0 bridgehead atoms. The molecule has 0 aliphatic rings. The predicted molar refractivity (Wildman–Crippen MR) is 80.6 cm³/mol. The van der Waals surface area contributed by atoms with Gasteiger partial charge in [-0.05, 0) is 18.0 Å². The molecule has 0 N–H and O–H groups in total. The SMILES string of the molecule is CCN(CCc1nc(CCl)cs1)Cc1cccs1. The normalized spacial score (nSPS) is 11.3. The smallest absolute Gasteiger partial charge is 0.0941 e. The molecule has 0 unspecified atom stereocenters. The van der Waals surface area contributed by atoms with E-state index in [-0.39, 0.29) is 0 Å². The summed E-state index contributed by atoms with van der Waals surface area (Å²) in [6.07, 6.45) is 1.01. The summed E-state index contributed by atoms with van der Waals surface area (Å²) in [5.74, 6) is 0.517. The minimum Gasteiger partial charge on any atom is -0.298 e. The van der Waals surface area contributed by atoms with Crippen LogP contribution in [0.2, 0.25) is 0 Å². The van der Waals surface area contributed by atoms with Crippen LogP contribution in [0.15, 0.2) is 22.9 Å². The lowest BCUT2D eigenvalue weighted by Gasteiger charge is -2.18. The minimum absolute atomic E-state index is 0.517. The van der Waals surface area contributed by atoms with Crippen LogP contribution < -0.4 is 0 Å². The topological polar surface area (TPSA) is 16.1 Å². The second-order valence-corrected chi connectivity index (χ2v) is 6.31. The fourth-order valence-corrected chi connectivity index (χ4v) is 3.51. The lowest BCUT2D eigenvalue weighted by atomic mass is 10.3. The molecule has 0 aliphatic heterocycles. The van der Waals surface area contributed by atoms with E-state index >= 15 is 0 Å². The van der Waals surface area contributed by atoms with Crippen molar-refractivity contribution in [3.63, 3.8) is 0 Å². The van der Waals surface area contributed by atoms with Gasteiger partial charge < -0.3 is 0 Å². The molecule has 2 nitrogen and oxygen atoms in total. The van der Waals surface area contributed by atoms with E-state index in [1.165, 1.54) is 9.88 Å². The van der Waals surface area contributed by atoms with Crippen molar-refractivity contribution in [1.29, 1.82) is 0 Å². The zero-order chi connectivity index (χ0) is 12.8. The molecule has 0 aliphatic carbocycles.